The summed E-state index contributed by atoms with van der Waals surface area (Å²) in [4.78, 5) is 0. The molecule has 0 saturated carbocycles. The van der Waals surface area contributed by atoms with Gasteiger partial charge in [-0.2, -0.15) is 0 Å². The summed E-state index contributed by atoms with van der Waals surface area (Å²) in [6.07, 6.45) is -0.239. The smallest absolute Gasteiger partial charge is 0.180 e. The van der Waals surface area contributed by atoms with Gasteiger partial charge in [-0.25, -0.2) is 5.43 Å². The third kappa shape index (κ3) is 7.02. The highest BCUT2D eigenvalue weighted by Crippen LogP contribution is 1.92. The van der Waals surface area contributed by atoms with Crippen molar-refractivity contribution in [3.63, 3.8) is 0 Å². The highest BCUT2D eigenvalue weighted by molar-refractivity contribution is 7.80. The first kappa shape index (κ1) is 13.6. The second kappa shape index (κ2) is 9.14. The summed E-state index contributed by atoms with van der Waals surface area (Å²) in [5.74, 6) is 0. The van der Waals surface area contributed by atoms with Crippen LogP contribution in [0, 0.1) is 0 Å². The Labute approximate surface area is 90.5 Å². The maximum absolute atomic E-state index is 5.31. The maximum atomic E-state index is 5.31. The van der Waals surface area contributed by atoms with Crippen molar-refractivity contribution in [1.82, 2.24) is 16.2 Å². The van der Waals surface area contributed by atoms with Crippen molar-refractivity contribution in [2.75, 3.05) is 26.8 Å². The molecule has 3 N–H and O–H groups in total. The van der Waals surface area contributed by atoms with E-state index in [1.165, 1.54) is 0 Å². The summed E-state index contributed by atoms with van der Waals surface area (Å²) in [5, 5.41) is 3.32. The molecule has 0 aromatic rings. The van der Waals surface area contributed by atoms with E-state index in [-0.39, 0.29) is 6.29 Å². The van der Waals surface area contributed by atoms with E-state index in [9.17, 15) is 0 Å². The number of rotatable bonds is 7. The lowest BCUT2D eigenvalue weighted by molar-refractivity contribution is -0.133. The van der Waals surface area contributed by atoms with Crippen molar-refractivity contribution in [2.45, 2.75) is 20.1 Å². The van der Waals surface area contributed by atoms with E-state index in [1.807, 2.05) is 13.8 Å². The second-order valence-corrected chi connectivity index (χ2v) is 2.83. The number of thiocarbonyl (C=S) groups is 1. The third-order valence-corrected chi connectivity index (χ3v) is 1.71. The van der Waals surface area contributed by atoms with E-state index in [2.05, 4.69) is 16.2 Å². The van der Waals surface area contributed by atoms with E-state index in [0.717, 1.165) is 0 Å². The van der Waals surface area contributed by atoms with Gasteiger partial charge >= 0.3 is 0 Å². The van der Waals surface area contributed by atoms with Crippen LogP contribution in [0.4, 0.5) is 0 Å². The van der Waals surface area contributed by atoms with Gasteiger partial charge < -0.3 is 14.8 Å². The van der Waals surface area contributed by atoms with Gasteiger partial charge in [0.05, 0.1) is 6.54 Å². The largest absolute Gasteiger partial charge is 0.365 e. The van der Waals surface area contributed by atoms with Gasteiger partial charge in [-0.15, -0.1) is 0 Å². The van der Waals surface area contributed by atoms with Crippen LogP contribution in [0.2, 0.25) is 0 Å². The first-order valence-corrected chi connectivity index (χ1v) is 5.09. The van der Waals surface area contributed by atoms with Crippen LogP contribution in [0.25, 0.3) is 0 Å². The lowest BCUT2D eigenvalue weighted by Gasteiger charge is -2.18. The Balaban J connectivity index is 3.54. The average Bonchev–Trinajstić information content (AvgIpc) is 2.18. The molecule has 14 heavy (non-hydrogen) atoms. The van der Waals surface area contributed by atoms with Gasteiger partial charge in [0.15, 0.2) is 11.4 Å². The Morgan fingerprint density at radius 3 is 2.29 bits per heavy atom. The number of hydrazine groups is 1. The van der Waals surface area contributed by atoms with Crippen LogP contribution in [0.3, 0.4) is 0 Å². The van der Waals surface area contributed by atoms with Crippen molar-refractivity contribution in [2.24, 2.45) is 0 Å². The van der Waals surface area contributed by atoms with Crippen molar-refractivity contribution >= 4 is 17.3 Å². The van der Waals surface area contributed by atoms with Gasteiger partial charge in [0.25, 0.3) is 0 Å². The Morgan fingerprint density at radius 2 is 1.86 bits per heavy atom. The van der Waals surface area contributed by atoms with Crippen molar-refractivity contribution < 1.29 is 9.47 Å². The van der Waals surface area contributed by atoms with Crippen LogP contribution in [-0.2, 0) is 9.47 Å². The fourth-order valence-corrected chi connectivity index (χ4v) is 0.887. The Morgan fingerprint density at radius 1 is 1.29 bits per heavy atom. The molecule has 6 heteroatoms. The molecule has 5 nitrogen and oxygen atoms in total. The molecule has 0 aromatic heterocycles. The molecule has 0 aliphatic rings. The molecule has 0 rings (SSSR count). The molecule has 0 fully saturated rings. The number of hydrogen-bond donors (Lipinski definition) is 3. The lowest BCUT2D eigenvalue weighted by Crippen LogP contribution is -2.46. The molecule has 84 valence electrons. The topological polar surface area (TPSA) is 54.5 Å². The molecule has 0 aliphatic carbocycles. The molecular formula is C8H19N3O2S. The highest BCUT2D eigenvalue weighted by Gasteiger charge is 2.06. The monoisotopic (exact) mass is 221 g/mol. The van der Waals surface area contributed by atoms with Crippen molar-refractivity contribution in [3.05, 3.63) is 0 Å². The molecule has 0 atom stereocenters. The highest BCUT2D eigenvalue weighted by atomic mass is 32.1. The fraction of sp³-hybridized carbons (Fsp3) is 0.875. The third-order valence-electron chi connectivity index (χ3n) is 1.40. The van der Waals surface area contributed by atoms with Crippen LogP contribution in [-0.4, -0.2) is 38.2 Å². The summed E-state index contributed by atoms with van der Waals surface area (Å²) in [6, 6.07) is 0. The first-order chi connectivity index (χ1) is 6.74. The van der Waals surface area contributed by atoms with Crippen LogP contribution in [0.5, 0.6) is 0 Å². The van der Waals surface area contributed by atoms with Crippen molar-refractivity contribution in [3.8, 4) is 0 Å². The number of hydrogen-bond acceptors (Lipinski definition) is 4. The summed E-state index contributed by atoms with van der Waals surface area (Å²) < 4.78 is 10.6. The zero-order valence-corrected chi connectivity index (χ0v) is 9.74. The van der Waals surface area contributed by atoms with E-state index in [1.54, 1.807) is 7.05 Å². The minimum absolute atomic E-state index is 0.239. The maximum Gasteiger partial charge on any atom is 0.180 e. The summed E-state index contributed by atoms with van der Waals surface area (Å²) >= 11 is 4.87. The van der Waals surface area contributed by atoms with Crippen LogP contribution in [0.15, 0.2) is 0 Å². The standard InChI is InChI=1S/C8H19N3O2S/c1-4-12-7(13-5-2)6-10-11-8(14)9-3/h7,10H,4-6H2,1-3H3,(H2,9,11,14). The van der Waals surface area contributed by atoms with Crippen LogP contribution < -0.4 is 16.2 Å². The zero-order chi connectivity index (χ0) is 10.8. The molecule has 0 aromatic carbocycles. The van der Waals surface area contributed by atoms with Gasteiger partial charge in [-0.3, -0.25) is 5.43 Å². The number of nitrogens with one attached hydrogen (secondary N) is 3. The molecule has 0 heterocycles. The summed E-state index contributed by atoms with van der Waals surface area (Å²) in [7, 11) is 1.75. The molecule has 0 spiro atoms. The van der Waals surface area contributed by atoms with Gasteiger partial charge in [-0.1, -0.05) is 0 Å². The van der Waals surface area contributed by atoms with Gasteiger partial charge in [-0.05, 0) is 26.1 Å². The molecule has 0 unspecified atom stereocenters. The Bertz CT molecular complexity index is 152. The molecule has 0 aliphatic heterocycles. The quantitative estimate of drug-likeness (QED) is 0.319. The first-order valence-electron chi connectivity index (χ1n) is 4.68. The predicted octanol–water partition coefficient (Wildman–Crippen LogP) is -0.0160. The van der Waals surface area contributed by atoms with Gasteiger partial charge in [0.2, 0.25) is 0 Å². The molecule has 0 amide bonds. The molecule has 0 saturated heterocycles. The minimum Gasteiger partial charge on any atom is -0.365 e. The minimum atomic E-state index is -0.239. The van der Waals surface area contributed by atoms with Crippen LogP contribution >= 0.6 is 12.2 Å². The van der Waals surface area contributed by atoms with E-state index >= 15 is 0 Å². The van der Waals surface area contributed by atoms with E-state index in [4.69, 9.17) is 21.7 Å². The van der Waals surface area contributed by atoms with Crippen LogP contribution in [0.1, 0.15) is 13.8 Å². The zero-order valence-electron chi connectivity index (χ0n) is 8.92. The molecule has 0 bridgehead atoms. The summed E-state index contributed by atoms with van der Waals surface area (Å²) in [6.45, 7) is 5.66. The normalized spacial score (nSPS) is 10.3. The van der Waals surface area contributed by atoms with E-state index in [0.29, 0.717) is 24.9 Å². The van der Waals surface area contributed by atoms with Crippen molar-refractivity contribution in [1.29, 1.82) is 0 Å². The fourth-order valence-electron chi connectivity index (χ4n) is 0.815. The summed E-state index contributed by atoms with van der Waals surface area (Å²) in [5.41, 5.74) is 5.69. The lowest BCUT2D eigenvalue weighted by atomic mass is 10.6. The van der Waals surface area contributed by atoms with E-state index < -0.39 is 0 Å². The SMILES string of the molecule is CCOC(CNNC(=S)NC)OCC. The predicted molar refractivity (Wildman–Crippen MR) is 59.8 cm³/mol. The second-order valence-electron chi connectivity index (χ2n) is 2.43. The van der Waals surface area contributed by atoms with Gasteiger partial charge in [0, 0.05) is 20.3 Å². The average molecular weight is 221 g/mol. The molecular weight excluding hydrogens is 202 g/mol. The molecule has 0 radical (unpaired) electrons. The Hall–Kier alpha value is -0.430. The number of ether oxygens (including phenoxy) is 2. The Kier molecular flexibility index (Phi) is 8.86. The van der Waals surface area contributed by atoms with Gasteiger partial charge in [0.1, 0.15) is 0 Å².